The fraction of sp³-hybridized carbons (Fsp3) is 0.286. The molecular formula is C14H16O2. The third-order valence-electron chi connectivity index (χ3n) is 2.59. The SMILES string of the molecule is COCc1ccc2ccc(COC)cc2c1. The maximum absolute atomic E-state index is 5.13. The van der Waals surface area contributed by atoms with Crippen LogP contribution in [0.25, 0.3) is 10.8 Å². The zero-order chi connectivity index (χ0) is 11.4. The molecule has 84 valence electrons. The van der Waals surface area contributed by atoms with Crippen LogP contribution >= 0.6 is 0 Å². The lowest BCUT2D eigenvalue weighted by molar-refractivity contribution is 0.184. The van der Waals surface area contributed by atoms with E-state index in [1.165, 1.54) is 21.9 Å². The Morgan fingerprint density at radius 3 is 1.69 bits per heavy atom. The Hall–Kier alpha value is -1.38. The van der Waals surface area contributed by atoms with Gasteiger partial charge in [0.2, 0.25) is 0 Å². The Morgan fingerprint density at radius 1 is 0.750 bits per heavy atom. The van der Waals surface area contributed by atoms with Crippen molar-refractivity contribution in [3.05, 3.63) is 47.5 Å². The molecule has 2 heteroatoms. The van der Waals surface area contributed by atoms with Crippen molar-refractivity contribution in [2.24, 2.45) is 0 Å². The van der Waals surface area contributed by atoms with Gasteiger partial charge in [-0.15, -0.1) is 0 Å². The number of benzene rings is 2. The quantitative estimate of drug-likeness (QED) is 0.781. The molecule has 16 heavy (non-hydrogen) atoms. The molecule has 0 fully saturated rings. The van der Waals surface area contributed by atoms with Crippen molar-refractivity contribution >= 4 is 10.8 Å². The van der Waals surface area contributed by atoms with E-state index >= 15 is 0 Å². The third-order valence-corrected chi connectivity index (χ3v) is 2.59. The molecule has 0 heterocycles. The number of hydrogen-bond donors (Lipinski definition) is 0. The summed E-state index contributed by atoms with van der Waals surface area (Å²) >= 11 is 0. The van der Waals surface area contributed by atoms with Gasteiger partial charge in [0, 0.05) is 14.2 Å². The van der Waals surface area contributed by atoms with Gasteiger partial charge in [0.15, 0.2) is 0 Å². The number of rotatable bonds is 4. The molecule has 2 nitrogen and oxygen atoms in total. The molecule has 0 radical (unpaired) electrons. The highest BCUT2D eigenvalue weighted by Crippen LogP contribution is 2.18. The van der Waals surface area contributed by atoms with Crippen molar-refractivity contribution in [1.82, 2.24) is 0 Å². The van der Waals surface area contributed by atoms with Crippen LogP contribution in [0.1, 0.15) is 11.1 Å². The normalized spacial score (nSPS) is 10.9. The molecular weight excluding hydrogens is 200 g/mol. The van der Waals surface area contributed by atoms with Crippen LogP contribution in [0.4, 0.5) is 0 Å². The minimum Gasteiger partial charge on any atom is -0.380 e. The van der Waals surface area contributed by atoms with E-state index in [0.29, 0.717) is 13.2 Å². The van der Waals surface area contributed by atoms with Crippen LogP contribution in [-0.4, -0.2) is 14.2 Å². The largest absolute Gasteiger partial charge is 0.380 e. The van der Waals surface area contributed by atoms with E-state index in [9.17, 15) is 0 Å². The lowest BCUT2D eigenvalue weighted by Gasteiger charge is -2.05. The monoisotopic (exact) mass is 216 g/mol. The molecule has 2 aromatic carbocycles. The Morgan fingerprint density at radius 2 is 1.25 bits per heavy atom. The van der Waals surface area contributed by atoms with Crippen molar-refractivity contribution in [2.45, 2.75) is 13.2 Å². The highest BCUT2D eigenvalue weighted by molar-refractivity contribution is 5.83. The van der Waals surface area contributed by atoms with Gasteiger partial charge in [-0.2, -0.15) is 0 Å². The summed E-state index contributed by atoms with van der Waals surface area (Å²) in [6.45, 7) is 1.31. The Bertz CT molecular complexity index is 436. The fourth-order valence-electron chi connectivity index (χ4n) is 1.86. The predicted molar refractivity (Wildman–Crippen MR) is 65.4 cm³/mol. The minimum atomic E-state index is 0.657. The summed E-state index contributed by atoms with van der Waals surface area (Å²) < 4.78 is 10.3. The van der Waals surface area contributed by atoms with Crippen LogP contribution < -0.4 is 0 Å². The van der Waals surface area contributed by atoms with Gasteiger partial charge < -0.3 is 9.47 Å². The first-order valence-corrected chi connectivity index (χ1v) is 5.33. The van der Waals surface area contributed by atoms with Crippen molar-refractivity contribution < 1.29 is 9.47 Å². The molecule has 0 saturated heterocycles. The van der Waals surface area contributed by atoms with Crippen LogP contribution in [0.15, 0.2) is 36.4 Å². The van der Waals surface area contributed by atoms with E-state index in [1.54, 1.807) is 14.2 Å². The summed E-state index contributed by atoms with van der Waals surface area (Å²) in [5.74, 6) is 0. The first-order valence-electron chi connectivity index (χ1n) is 5.33. The number of methoxy groups -OCH3 is 2. The van der Waals surface area contributed by atoms with E-state index < -0.39 is 0 Å². The van der Waals surface area contributed by atoms with Gasteiger partial charge in [-0.3, -0.25) is 0 Å². The fourth-order valence-corrected chi connectivity index (χ4v) is 1.86. The molecule has 2 rings (SSSR count). The first-order chi connectivity index (χ1) is 7.83. The lowest BCUT2D eigenvalue weighted by Crippen LogP contribution is -1.89. The second-order valence-electron chi connectivity index (χ2n) is 3.88. The van der Waals surface area contributed by atoms with E-state index in [4.69, 9.17) is 9.47 Å². The summed E-state index contributed by atoms with van der Waals surface area (Å²) in [6.07, 6.45) is 0. The van der Waals surface area contributed by atoms with Gasteiger partial charge >= 0.3 is 0 Å². The molecule has 0 aliphatic rings. The molecule has 0 atom stereocenters. The predicted octanol–water partition coefficient (Wildman–Crippen LogP) is 3.13. The average molecular weight is 216 g/mol. The van der Waals surface area contributed by atoms with Crippen LogP contribution in [0.3, 0.4) is 0 Å². The highest BCUT2D eigenvalue weighted by atomic mass is 16.5. The molecule has 0 aromatic heterocycles. The molecule has 2 aromatic rings. The average Bonchev–Trinajstić information content (AvgIpc) is 2.29. The van der Waals surface area contributed by atoms with Gasteiger partial charge in [-0.25, -0.2) is 0 Å². The van der Waals surface area contributed by atoms with Gasteiger partial charge in [-0.05, 0) is 34.0 Å². The molecule has 0 unspecified atom stereocenters. The van der Waals surface area contributed by atoms with Crippen LogP contribution in [0.5, 0.6) is 0 Å². The van der Waals surface area contributed by atoms with Crippen LogP contribution in [0.2, 0.25) is 0 Å². The summed E-state index contributed by atoms with van der Waals surface area (Å²) in [4.78, 5) is 0. The van der Waals surface area contributed by atoms with Crippen molar-refractivity contribution in [3.8, 4) is 0 Å². The van der Waals surface area contributed by atoms with Crippen molar-refractivity contribution in [3.63, 3.8) is 0 Å². The maximum atomic E-state index is 5.13. The number of hydrogen-bond acceptors (Lipinski definition) is 2. The van der Waals surface area contributed by atoms with E-state index in [2.05, 4.69) is 36.4 Å². The van der Waals surface area contributed by atoms with E-state index in [0.717, 1.165) is 0 Å². The molecule has 0 spiro atoms. The van der Waals surface area contributed by atoms with Gasteiger partial charge in [0.1, 0.15) is 0 Å². The lowest BCUT2D eigenvalue weighted by atomic mass is 10.0. The standard InChI is InChI=1S/C14H16O2/c1-15-9-11-3-5-13-6-4-12(10-16-2)8-14(13)7-11/h3-8H,9-10H2,1-2H3. The Balaban J connectivity index is 2.39. The number of ether oxygens (including phenoxy) is 2. The molecule has 0 amide bonds. The molecule has 0 bridgehead atoms. The van der Waals surface area contributed by atoms with Gasteiger partial charge in [0.05, 0.1) is 13.2 Å². The Kier molecular flexibility index (Phi) is 3.54. The second kappa shape index (κ2) is 5.10. The smallest absolute Gasteiger partial charge is 0.0713 e. The molecule has 0 N–H and O–H groups in total. The summed E-state index contributed by atoms with van der Waals surface area (Å²) in [5.41, 5.74) is 2.40. The first kappa shape index (κ1) is 11.1. The van der Waals surface area contributed by atoms with E-state index in [-0.39, 0.29) is 0 Å². The molecule has 0 aliphatic heterocycles. The zero-order valence-corrected chi connectivity index (χ0v) is 9.69. The summed E-state index contributed by atoms with van der Waals surface area (Å²) in [6, 6.07) is 12.8. The van der Waals surface area contributed by atoms with Crippen molar-refractivity contribution in [1.29, 1.82) is 0 Å². The molecule has 0 aliphatic carbocycles. The minimum absolute atomic E-state index is 0.657. The summed E-state index contributed by atoms with van der Waals surface area (Å²) in [7, 11) is 3.43. The number of fused-ring (bicyclic) bond motifs is 1. The van der Waals surface area contributed by atoms with Gasteiger partial charge in [0.25, 0.3) is 0 Å². The third kappa shape index (κ3) is 2.40. The highest BCUT2D eigenvalue weighted by Gasteiger charge is 1.98. The van der Waals surface area contributed by atoms with Crippen molar-refractivity contribution in [2.75, 3.05) is 14.2 Å². The van der Waals surface area contributed by atoms with Crippen LogP contribution in [0, 0.1) is 0 Å². The topological polar surface area (TPSA) is 18.5 Å². The maximum Gasteiger partial charge on any atom is 0.0713 e. The van der Waals surface area contributed by atoms with Crippen LogP contribution in [-0.2, 0) is 22.7 Å². The summed E-state index contributed by atoms with van der Waals surface area (Å²) in [5, 5.41) is 2.49. The van der Waals surface area contributed by atoms with E-state index in [1.807, 2.05) is 0 Å². The second-order valence-corrected chi connectivity index (χ2v) is 3.88. The van der Waals surface area contributed by atoms with Gasteiger partial charge in [-0.1, -0.05) is 24.3 Å². The molecule has 0 saturated carbocycles. The Labute approximate surface area is 95.8 Å². The zero-order valence-electron chi connectivity index (χ0n) is 9.69.